The summed E-state index contributed by atoms with van der Waals surface area (Å²) in [5.74, 6) is 0. The number of halogens is 5. The molecule has 0 saturated heterocycles. The van der Waals surface area contributed by atoms with E-state index in [0.717, 1.165) is 12.1 Å². The lowest BCUT2D eigenvalue weighted by atomic mass is 10.4. The minimum atomic E-state index is -7.83. The molecule has 14 heteroatoms. The van der Waals surface area contributed by atoms with Gasteiger partial charge in [0, 0.05) is 0 Å². The summed E-state index contributed by atoms with van der Waals surface area (Å²) in [7, 11) is -7.83. The Morgan fingerprint density at radius 3 is 1.80 bits per heavy atom. The van der Waals surface area contributed by atoms with Crippen LogP contribution in [0.1, 0.15) is 0 Å². The second kappa shape index (κ2) is 5.71. The molecular weight excluding hydrogens is 373 g/mol. The van der Waals surface area contributed by atoms with Crippen molar-refractivity contribution in [2.75, 3.05) is 0 Å². The van der Waals surface area contributed by atoms with Gasteiger partial charge in [0.1, 0.15) is 0 Å². The third kappa shape index (κ3) is 3.29. The van der Waals surface area contributed by atoms with E-state index in [-0.39, 0.29) is 0 Å². The molecule has 0 aliphatic rings. The van der Waals surface area contributed by atoms with Gasteiger partial charge in [-0.15, -0.1) is 21.1 Å². The summed E-state index contributed by atoms with van der Waals surface area (Å²) in [5, 5.41) is 0. The minimum Gasteiger partial charge on any atom is -0.324 e. The van der Waals surface area contributed by atoms with E-state index in [2.05, 4.69) is 25.6 Å². The van der Waals surface area contributed by atoms with E-state index in [1.165, 1.54) is 6.07 Å². The van der Waals surface area contributed by atoms with Crippen molar-refractivity contribution in [1.29, 1.82) is 0 Å². The van der Waals surface area contributed by atoms with Gasteiger partial charge in [0.2, 0.25) is 9.50 Å². The molecule has 0 radical (unpaired) electrons. The van der Waals surface area contributed by atoms with Gasteiger partial charge in [-0.1, -0.05) is 18.2 Å². The van der Waals surface area contributed by atoms with Gasteiger partial charge in [-0.2, -0.15) is 0 Å². The zero-order valence-corrected chi connectivity index (χ0v) is 12.5. The summed E-state index contributed by atoms with van der Waals surface area (Å²) < 4.78 is 75.6. The van der Waals surface area contributed by atoms with Crippen LogP contribution >= 0.6 is 13.4 Å². The largest absolute Gasteiger partial charge is 0.424 e. The van der Waals surface area contributed by atoms with Gasteiger partial charge in [0.25, 0.3) is 0 Å². The maximum absolute atomic E-state index is 14.1. The average molecular weight is 380 g/mol. The Bertz CT molecular complexity index is 609. The number of benzene rings is 1. The maximum Gasteiger partial charge on any atom is 0.424 e. The molecular formula is C6H7F5O5P2S2. The molecule has 5 nitrogen and oxygen atoms in total. The van der Waals surface area contributed by atoms with Crippen LogP contribution in [0.25, 0.3) is 0 Å². The molecule has 0 bridgehead atoms. The Balaban J connectivity index is 3.84. The fraction of sp³-hybridized carbons (Fsp3) is 0. The van der Waals surface area contributed by atoms with E-state index in [4.69, 9.17) is 9.79 Å². The van der Waals surface area contributed by atoms with Gasteiger partial charge < -0.3 is 9.79 Å². The molecule has 1 rings (SSSR count). The lowest BCUT2D eigenvalue weighted by Crippen LogP contribution is -2.17. The summed E-state index contributed by atoms with van der Waals surface area (Å²) in [4.78, 5) is 16.0. The highest BCUT2D eigenvalue weighted by Crippen LogP contribution is 2.76. The normalized spacial score (nSPS) is 15.7. The van der Waals surface area contributed by atoms with Gasteiger partial charge in [0.15, 0.2) is 0 Å². The molecule has 1 aromatic carbocycles. The van der Waals surface area contributed by atoms with Gasteiger partial charge in [0.05, 0.1) is 4.90 Å². The van der Waals surface area contributed by atoms with Crippen molar-refractivity contribution < 1.29 is 44.3 Å². The Morgan fingerprint density at radius 2 is 1.45 bits per heavy atom. The third-order valence-electron chi connectivity index (χ3n) is 1.86. The topological polar surface area (TPSA) is 68.2 Å². The molecule has 1 aromatic rings. The first-order valence-corrected chi connectivity index (χ1v) is 10.9. The van der Waals surface area contributed by atoms with E-state index in [9.17, 15) is 20.7 Å². The van der Waals surface area contributed by atoms with E-state index in [0.29, 0.717) is 12.1 Å². The van der Waals surface area contributed by atoms with Crippen LogP contribution in [0.4, 0.5) is 20.7 Å². The van der Waals surface area contributed by atoms with Gasteiger partial charge >= 0.3 is 13.4 Å². The molecule has 0 unspecified atom stereocenters. The van der Waals surface area contributed by atoms with E-state index in [1.54, 1.807) is 0 Å². The van der Waals surface area contributed by atoms with Crippen molar-refractivity contribution in [3.63, 3.8) is 0 Å². The smallest absolute Gasteiger partial charge is 0.324 e. The summed E-state index contributed by atoms with van der Waals surface area (Å²) in [6, 6.07) is 4.11. The van der Waals surface area contributed by atoms with Crippen molar-refractivity contribution in [2.45, 2.75) is 4.90 Å². The summed E-state index contributed by atoms with van der Waals surface area (Å²) in [6.45, 7) is -11.5. The zero-order chi connectivity index (χ0) is 15.7. The molecule has 0 aliphatic carbocycles. The molecule has 2 N–H and O–H groups in total. The predicted molar refractivity (Wildman–Crippen MR) is 66.5 cm³/mol. The Kier molecular flexibility index (Phi) is 5.18. The standard InChI is InChI=1S/C6H7F5O5P2S2/c7-14-18(15-8,16-17(12,13)19)20(9,10,11)6-4-2-1-3-5-6/h1-5H,(H2,12,13,19). The lowest BCUT2D eigenvalue weighted by Gasteiger charge is -2.31. The van der Waals surface area contributed by atoms with Crippen LogP contribution in [0.3, 0.4) is 0 Å². The fourth-order valence-electron chi connectivity index (χ4n) is 1.08. The second-order valence-electron chi connectivity index (χ2n) is 3.18. The zero-order valence-electron chi connectivity index (χ0n) is 9.11. The van der Waals surface area contributed by atoms with Crippen LogP contribution in [-0.4, -0.2) is 9.79 Å². The SMILES string of the molecule is OP(O)(=S)OP(OF)(OF)=S(F)(F)(F)c1ccccc1. The van der Waals surface area contributed by atoms with Crippen LogP contribution < -0.4 is 0 Å². The fourth-order valence-corrected chi connectivity index (χ4v) is 8.49. The van der Waals surface area contributed by atoms with Crippen molar-refractivity contribution in [2.24, 2.45) is 0 Å². The number of hydrogen-bond acceptors (Lipinski definition) is 4. The summed E-state index contributed by atoms with van der Waals surface area (Å²) in [6.07, 6.45) is 0. The molecule has 0 atom stereocenters. The van der Waals surface area contributed by atoms with Crippen LogP contribution in [0.5, 0.6) is 0 Å². The predicted octanol–water partition coefficient (Wildman–Crippen LogP) is 4.09. The quantitative estimate of drug-likeness (QED) is 0.593. The van der Waals surface area contributed by atoms with Gasteiger partial charge in [-0.25, -0.2) is 4.31 Å². The van der Waals surface area contributed by atoms with Gasteiger partial charge in [-0.05, 0) is 33.0 Å². The van der Waals surface area contributed by atoms with Crippen molar-refractivity contribution in [3.05, 3.63) is 30.3 Å². The summed E-state index contributed by atoms with van der Waals surface area (Å²) >= 11 is 3.79. The first kappa shape index (κ1) is 18.1. The monoisotopic (exact) mass is 380 g/mol. The Labute approximate surface area is 115 Å². The Hall–Kier alpha value is 0.1000. The molecule has 0 aromatic heterocycles. The maximum atomic E-state index is 14.1. The highest BCUT2D eigenvalue weighted by Gasteiger charge is 2.56. The van der Waals surface area contributed by atoms with E-state index in [1.807, 2.05) is 0 Å². The molecule has 0 fully saturated rings. The van der Waals surface area contributed by atoms with E-state index < -0.39 is 27.8 Å². The molecule has 0 spiro atoms. The molecule has 0 amide bonds. The van der Waals surface area contributed by atoms with Crippen molar-refractivity contribution in [3.8, 4) is 0 Å². The third-order valence-corrected chi connectivity index (χ3v) is 9.96. The highest BCUT2D eigenvalue weighted by molar-refractivity contribution is 8.43. The van der Waals surface area contributed by atoms with Crippen molar-refractivity contribution >= 4 is 34.7 Å². The van der Waals surface area contributed by atoms with Crippen LogP contribution in [0.15, 0.2) is 35.2 Å². The first-order valence-electron chi connectivity index (χ1n) is 4.38. The lowest BCUT2D eigenvalue weighted by molar-refractivity contribution is -0.0900. The van der Waals surface area contributed by atoms with Gasteiger partial charge in [-0.3, -0.25) is 0 Å². The van der Waals surface area contributed by atoms with Crippen LogP contribution in [0, 0.1) is 0 Å². The van der Waals surface area contributed by atoms with E-state index >= 15 is 0 Å². The molecule has 118 valence electrons. The molecule has 20 heavy (non-hydrogen) atoms. The molecule has 0 heterocycles. The minimum absolute atomic E-state index is 0.496. The highest BCUT2D eigenvalue weighted by atomic mass is 32.7. The molecule has 0 aliphatic heterocycles. The van der Waals surface area contributed by atoms with Crippen LogP contribution in [-0.2, 0) is 35.1 Å². The Morgan fingerprint density at radius 1 is 1.00 bits per heavy atom. The van der Waals surface area contributed by atoms with Crippen molar-refractivity contribution in [1.82, 2.24) is 0 Å². The second-order valence-corrected chi connectivity index (χ2v) is 12.4. The van der Waals surface area contributed by atoms with Crippen LogP contribution in [0.2, 0.25) is 0 Å². The summed E-state index contributed by atoms with van der Waals surface area (Å²) in [5.41, 5.74) is 0. The first-order chi connectivity index (χ1) is 8.97. The molecule has 0 saturated carbocycles. The average Bonchev–Trinajstić information content (AvgIpc) is 2.35. The number of rotatable bonds is 5. The number of hydrogen-bond donors (Lipinski definition) is 2.